The highest BCUT2D eigenvalue weighted by Gasteiger charge is 2.43. The number of piperidine rings is 1. The van der Waals surface area contributed by atoms with E-state index in [0.29, 0.717) is 35.8 Å². The average Bonchev–Trinajstić information content (AvgIpc) is 3.29. The summed E-state index contributed by atoms with van der Waals surface area (Å²) >= 11 is 6.76. The molecule has 1 saturated carbocycles. The van der Waals surface area contributed by atoms with E-state index in [-0.39, 0.29) is 11.9 Å². The first-order chi connectivity index (χ1) is 16.9. The van der Waals surface area contributed by atoms with Gasteiger partial charge in [-0.05, 0) is 69.2 Å². The number of rotatable bonds is 4. The van der Waals surface area contributed by atoms with Crippen LogP contribution < -0.4 is 9.80 Å². The standard InChI is InChI=1S/C27H31ClFN5O/c1-17-4-2-10-30-23(17)18-5-11-33(12-6-18)25-21-14-19(34-13-7-20(35)16-34)15-22(28)24(21)31-26(32-25)27(29)8-3-9-27/h2,4,10,14-15,18,20,35H,3,5-9,11-13,16H2,1H3/t20-/m0/s1. The fourth-order valence-electron chi connectivity index (χ4n) is 5.76. The molecule has 6 rings (SSSR count). The minimum absolute atomic E-state index is 0.264. The number of aromatic nitrogens is 3. The summed E-state index contributed by atoms with van der Waals surface area (Å²) in [7, 11) is 0. The number of aliphatic hydroxyl groups excluding tert-OH is 1. The first-order valence-corrected chi connectivity index (χ1v) is 13.1. The molecule has 1 atom stereocenters. The Balaban J connectivity index is 1.38. The first kappa shape index (κ1) is 22.9. The summed E-state index contributed by atoms with van der Waals surface area (Å²) in [5, 5.41) is 11.4. The third kappa shape index (κ3) is 4.12. The molecule has 2 aromatic heterocycles. The number of nitrogens with zero attached hydrogens (tertiary/aromatic N) is 5. The van der Waals surface area contributed by atoms with Gasteiger partial charge in [-0.2, -0.15) is 0 Å². The van der Waals surface area contributed by atoms with Crippen LogP contribution in [0.15, 0.2) is 30.5 Å². The van der Waals surface area contributed by atoms with E-state index in [9.17, 15) is 5.11 Å². The van der Waals surface area contributed by atoms with Crippen LogP contribution in [0.1, 0.15) is 61.5 Å². The Morgan fingerprint density at radius 1 is 1.09 bits per heavy atom. The average molecular weight is 496 g/mol. The molecule has 3 fully saturated rings. The number of halogens is 2. The summed E-state index contributed by atoms with van der Waals surface area (Å²) in [6.07, 6.45) is 5.98. The highest BCUT2D eigenvalue weighted by Crippen LogP contribution is 2.46. The molecule has 2 aliphatic heterocycles. The number of fused-ring (bicyclic) bond motifs is 1. The number of alkyl halides is 1. The Morgan fingerprint density at radius 3 is 2.51 bits per heavy atom. The summed E-state index contributed by atoms with van der Waals surface area (Å²) in [6, 6.07) is 8.07. The van der Waals surface area contributed by atoms with Gasteiger partial charge in [-0.1, -0.05) is 17.7 Å². The number of aliphatic hydroxyl groups is 1. The smallest absolute Gasteiger partial charge is 0.170 e. The van der Waals surface area contributed by atoms with Crippen LogP contribution >= 0.6 is 11.6 Å². The number of hydrogen-bond donors (Lipinski definition) is 1. The maximum atomic E-state index is 15.5. The molecule has 0 amide bonds. The molecule has 3 aromatic rings. The van der Waals surface area contributed by atoms with Crippen LogP contribution in [0.4, 0.5) is 15.9 Å². The molecule has 1 aliphatic carbocycles. The molecule has 4 heterocycles. The molecule has 0 unspecified atom stereocenters. The minimum Gasteiger partial charge on any atom is -0.391 e. The molecule has 2 saturated heterocycles. The summed E-state index contributed by atoms with van der Waals surface area (Å²) in [6.45, 7) is 5.11. The number of aryl methyl sites for hydroxylation is 1. The predicted molar refractivity (Wildman–Crippen MR) is 137 cm³/mol. The molecule has 0 bridgehead atoms. The minimum atomic E-state index is -1.46. The van der Waals surface area contributed by atoms with Gasteiger partial charge in [0.2, 0.25) is 0 Å². The number of anilines is 2. The molecule has 8 heteroatoms. The lowest BCUT2D eigenvalue weighted by molar-refractivity contribution is 0.0512. The molecule has 0 spiro atoms. The van der Waals surface area contributed by atoms with Crippen LogP contribution in [-0.4, -0.2) is 52.3 Å². The molecule has 1 aromatic carbocycles. The van der Waals surface area contributed by atoms with Gasteiger partial charge >= 0.3 is 0 Å². The zero-order chi connectivity index (χ0) is 24.2. The van der Waals surface area contributed by atoms with Crippen LogP contribution in [-0.2, 0) is 5.67 Å². The molecule has 0 radical (unpaired) electrons. The summed E-state index contributed by atoms with van der Waals surface area (Å²) in [4.78, 5) is 18.6. The second-order valence-corrected chi connectivity index (χ2v) is 10.8. The van der Waals surface area contributed by atoms with Gasteiger partial charge in [-0.25, -0.2) is 14.4 Å². The highest BCUT2D eigenvalue weighted by atomic mass is 35.5. The largest absolute Gasteiger partial charge is 0.391 e. The van der Waals surface area contributed by atoms with E-state index in [1.807, 2.05) is 18.3 Å². The first-order valence-electron chi connectivity index (χ1n) is 12.7. The maximum Gasteiger partial charge on any atom is 0.170 e. The van der Waals surface area contributed by atoms with Crippen molar-refractivity contribution < 1.29 is 9.50 Å². The van der Waals surface area contributed by atoms with E-state index in [1.165, 1.54) is 11.3 Å². The fourth-order valence-corrected chi connectivity index (χ4v) is 6.02. The molecule has 3 aliphatic rings. The Labute approximate surface area is 210 Å². The van der Waals surface area contributed by atoms with E-state index < -0.39 is 5.67 Å². The highest BCUT2D eigenvalue weighted by molar-refractivity contribution is 6.35. The van der Waals surface area contributed by atoms with Gasteiger partial charge in [0.1, 0.15) is 5.82 Å². The predicted octanol–water partition coefficient (Wildman–Crippen LogP) is 5.29. The summed E-state index contributed by atoms with van der Waals surface area (Å²) < 4.78 is 15.5. The van der Waals surface area contributed by atoms with E-state index in [1.54, 1.807) is 0 Å². The van der Waals surface area contributed by atoms with Crippen molar-refractivity contribution in [3.8, 4) is 0 Å². The van der Waals surface area contributed by atoms with Crippen LogP contribution in [0.5, 0.6) is 0 Å². The Morgan fingerprint density at radius 2 is 1.86 bits per heavy atom. The van der Waals surface area contributed by atoms with Gasteiger partial charge in [0, 0.05) is 55.1 Å². The second-order valence-electron chi connectivity index (χ2n) is 10.4. The van der Waals surface area contributed by atoms with Gasteiger partial charge in [0.05, 0.1) is 16.6 Å². The van der Waals surface area contributed by atoms with Crippen molar-refractivity contribution in [3.05, 3.63) is 52.6 Å². The molecule has 6 nitrogen and oxygen atoms in total. The summed E-state index contributed by atoms with van der Waals surface area (Å²) in [5.74, 6) is 1.44. The second kappa shape index (κ2) is 8.86. The zero-order valence-corrected chi connectivity index (χ0v) is 20.8. The maximum absolute atomic E-state index is 15.5. The Bertz CT molecular complexity index is 1260. The van der Waals surface area contributed by atoms with Crippen molar-refractivity contribution in [2.45, 2.75) is 63.1 Å². The van der Waals surface area contributed by atoms with Gasteiger partial charge < -0.3 is 14.9 Å². The van der Waals surface area contributed by atoms with Gasteiger partial charge in [0.15, 0.2) is 11.5 Å². The summed E-state index contributed by atoms with van der Waals surface area (Å²) in [5.41, 5.74) is 2.51. The van der Waals surface area contributed by atoms with Crippen molar-refractivity contribution in [1.82, 2.24) is 15.0 Å². The van der Waals surface area contributed by atoms with Gasteiger partial charge in [-0.3, -0.25) is 4.98 Å². The van der Waals surface area contributed by atoms with Gasteiger partial charge in [-0.15, -0.1) is 0 Å². The number of pyridine rings is 1. The lowest BCUT2D eigenvalue weighted by Crippen LogP contribution is -2.36. The van der Waals surface area contributed by atoms with Crippen LogP contribution in [0, 0.1) is 6.92 Å². The molecular weight excluding hydrogens is 465 g/mol. The van der Waals surface area contributed by atoms with Crippen LogP contribution in [0.25, 0.3) is 10.9 Å². The van der Waals surface area contributed by atoms with E-state index in [2.05, 4.69) is 38.8 Å². The number of β-amino-alcohol motifs (C(OH)–C–C–N with tert-alkyl or cyclic N) is 1. The number of hydrogen-bond acceptors (Lipinski definition) is 6. The molecule has 184 valence electrons. The third-order valence-electron chi connectivity index (χ3n) is 8.03. The Kier molecular flexibility index (Phi) is 5.80. The number of benzene rings is 1. The molecule has 1 N–H and O–H groups in total. The third-order valence-corrected chi connectivity index (χ3v) is 8.31. The zero-order valence-electron chi connectivity index (χ0n) is 20.1. The van der Waals surface area contributed by atoms with E-state index in [0.717, 1.165) is 62.2 Å². The Hall–Kier alpha value is -2.51. The lowest BCUT2D eigenvalue weighted by atomic mass is 9.81. The van der Waals surface area contributed by atoms with Crippen molar-refractivity contribution in [2.24, 2.45) is 0 Å². The SMILES string of the molecule is Cc1cccnc1C1CCN(c2nc(C3(F)CCC3)nc3c(Cl)cc(N4CC[C@H](O)C4)cc23)CC1. The van der Waals surface area contributed by atoms with Crippen LogP contribution in [0.2, 0.25) is 5.02 Å². The normalized spacial score (nSPS) is 22.6. The van der Waals surface area contributed by atoms with Crippen molar-refractivity contribution in [1.29, 1.82) is 0 Å². The monoisotopic (exact) mass is 495 g/mol. The fraction of sp³-hybridized carbons (Fsp3) is 0.519. The van der Waals surface area contributed by atoms with Crippen LogP contribution in [0.3, 0.4) is 0 Å². The topological polar surface area (TPSA) is 65.4 Å². The van der Waals surface area contributed by atoms with Gasteiger partial charge in [0.25, 0.3) is 0 Å². The molecule has 35 heavy (non-hydrogen) atoms. The molecular formula is C27H31ClFN5O. The quantitative estimate of drug-likeness (QED) is 0.530. The van der Waals surface area contributed by atoms with E-state index >= 15 is 4.39 Å². The van der Waals surface area contributed by atoms with E-state index in [4.69, 9.17) is 16.6 Å². The lowest BCUT2D eigenvalue weighted by Gasteiger charge is -2.36. The van der Waals surface area contributed by atoms with Crippen molar-refractivity contribution in [3.63, 3.8) is 0 Å². The van der Waals surface area contributed by atoms with Crippen molar-refractivity contribution >= 4 is 34.0 Å². The van der Waals surface area contributed by atoms with Crippen molar-refractivity contribution in [2.75, 3.05) is 36.0 Å².